The summed E-state index contributed by atoms with van der Waals surface area (Å²) in [5, 5.41) is 21.1. The smallest absolute Gasteiger partial charge is 0.407 e. The lowest BCUT2D eigenvalue weighted by Gasteiger charge is -2.51. The minimum absolute atomic E-state index is 0. The lowest BCUT2D eigenvalue weighted by Crippen LogP contribution is -2.63. The Morgan fingerprint density at radius 3 is 2.07 bits per heavy atom. The molecular weight excluding hydrogens is 767 g/mol. The van der Waals surface area contributed by atoms with Crippen molar-refractivity contribution in [3.05, 3.63) is 83.9 Å². The number of likely N-dealkylation sites (tertiary alicyclic amines) is 1. The summed E-state index contributed by atoms with van der Waals surface area (Å²) in [6.45, 7) is 12.7. The molecule has 318 valence electrons. The topological polar surface area (TPSA) is 166 Å². The van der Waals surface area contributed by atoms with E-state index in [1.54, 1.807) is 4.90 Å². The molecular formula is C43H66Cl2N6O6. The van der Waals surface area contributed by atoms with Gasteiger partial charge in [0, 0.05) is 36.3 Å². The molecule has 2 fully saturated rings. The molecule has 4 rings (SSSR count). The van der Waals surface area contributed by atoms with Crippen molar-refractivity contribution in [3.8, 4) is 0 Å². The molecule has 4 atom stereocenters. The number of nitrogens with one attached hydrogen (secondary N) is 3. The van der Waals surface area contributed by atoms with Gasteiger partial charge < -0.3 is 36.5 Å². The van der Waals surface area contributed by atoms with Crippen LogP contribution in [0.2, 0.25) is 0 Å². The van der Waals surface area contributed by atoms with E-state index in [0.717, 1.165) is 17.5 Å². The summed E-state index contributed by atoms with van der Waals surface area (Å²) in [5.74, 6) is -2.13. The molecule has 4 amide bonds. The second-order valence-electron chi connectivity index (χ2n) is 16.9. The summed E-state index contributed by atoms with van der Waals surface area (Å²) in [6.07, 6.45) is 6.72. The maximum Gasteiger partial charge on any atom is 0.407 e. The van der Waals surface area contributed by atoms with E-state index in [-0.39, 0.29) is 62.4 Å². The fourth-order valence-corrected chi connectivity index (χ4v) is 7.99. The minimum atomic E-state index is -1.08. The van der Waals surface area contributed by atoms with Gasteiger partial charge in [-0.2, -0.15) is 5.06 Å². The number of hydrogen-bond donors (Lipinski definition) is 5. The highest BCUT2D eigenvalue weighted by Crippen LogP contribution is 2.37. The zero-order valence-corrected chi connectivity index (χ0v) is 36.1. The molecule has 2 heterocycles. The molecule has 2 aromatic rings. The number of piperidine rings is 1. The van der Waals surface area contributed by atoms with Crippen molar-refractivity contribution >= 4 is 48.6 Å². The van der Waals surface area contributed by atoms with Crippen LogP contribution in [0.4, 0.5) is 4.79 Å². The monoisotopic (exact) mass is 832 g/mol. The van der Waals surface area contributed by atoms with Crippen molar-refractivity contribution in [3.63, 3.8) is 0 Å². The summed E-state index contributed by atoms with van der Waals surface area (Å²) in [7, 11) is 0. The molecule has 0 aromatic heterocycles. The lowest BCUT2D eigenvalue weighted by molar-refractivity contribution is -0.246. The van der Waals surface area contributed by atoms with Gasteiger partial charge in [0.2, 0.25) is 17.7 Å². The number of amides is 4. The molecule has 57 heavy (non-hydrogen) atoms. The quantitative estimate of drug-likeness (QED) is 0.0682. The second kappa shape index (κ2) is 23.0. The Bertz CT molecular complexity index is 1580. The van der Waals surface area contributed by atoms with Crippen LogP contribution in [0, 0.1) is 17.8 Å². The zero-order chi connectivity index (χ0) is 40.2. The maximum absolute atomic E-state index is 14.2. The highest BCUT2D eigenvalue weighted by Gasteiger charge is 2.46. The predicted octanol–water partition coefficient (Wildman–Crippen LogP) is 6.53. The highest BCUT2D eigenvalue weighted by molar-refractivity contribution is 6.00. The third-order valence-corrected chi connectivity index (χ3v) is 10.6. The molecule has 6 N–H and O–H groups in total. The number of carbonyl (C=O) groups is 4. The van der Waals surface area contributed by atoms with Gasteiger partial charge in [0.15, 0.2) is 0 Å². The van der Waals surface area contributed by atoms with Crippen molar-refractivity contribution in [1.29, 1.82) is 0 Å². The number of benzene rings is 2. The first kappa shape index (κ1) is 49.5. The highest BCUT2D eigenvalue weighted by atomic mass is 35.5. The van der Waals surface area contributed by atoms with Gasteiger partial charge in [-0.3, -0.25) is 14.4 Å². The molecule has 2 aromatic carbocycles. The minimum Gasteiger partial charge on any atom is -0.445 e. The van der Waals surface area contributed by atoms with Gasteiger partial charge in [0.25, 0.3) is 0 Å². The molecule has 14 heteroatoms. The van der Waals surface area contributed by atoms with Gasteiger partial charge >= 0.3 is 6.09 Å². The summed E-state index contributed by atoms with van der Waals surface area (Å²) in [5.41, 5.74) is 7.06. The van der Waals surface area contributed by atoms with Crippen LogP contribution in [-0.4, -0.2) is 81.4 Å². The number of carbonyl (C=O) groups excluding carboxylic acids is 4. The molecule has 0 bridgehead atoms. The second-order valence-corrected chi connectivity index (χ2v) is 16.9. The number of nitrogens with two attached hydrogens (primary N) is 1. The SMILES string of the molecule is CC(C)C[C@H](N)/C=C/[C@H](Cc1ccccc1)C(=O)N1CCC[C@H]1NC(=O)[C@H](CCCNC(=O)OCc1ccccc1)C(=O)NC1CC(C)(C)N(O)C(C)(C)C1.Cl.Cl. The van der Waals surface area contributed by atoms with Crippen molar-refractivity contribution in [2.75, 3.05) is 13.1 Å². The van der Waals surface area contributed by atoms with Gasteiger partial charge in [-0.15, -0.1) is 24.8 Å². The molecule has 0 radical (unpaired) electrons. The van der Waals surface area contributed by atoms with Gasteiger partial charge in [-0.1, -0.05) is 86.7 Å². The van der Waals surface area contributed by atoms with Crippen molar-refractivity contribution in [1.82, 2.24) is 25.9 Å². The number of rotatable bonds is 17. The number of ether oxygens (including phenoxy) is 1. The van der Waals surface area contributed by atoms with Crippen molar-refractivity contribution in [2.24, 2.45) is 23.5 Å². The summed E-state index contributed by atoms with van der Waals surface area (Å²) in [4.78, 5) is 56.5. The van der Waals surface area contributed by atoms with Gasteiger partial charge in [-0.25, -0.2) is 4.79 Å². The normalized spacial score (nSPS) is 19.5. The molecule has 12 nitrogen and oxygen atoms in total. The fraction of sp³-hybridized carbons (Fsp3) is 0.581. The number of hydrogen-bond acceptors (Lipinski definition) is 8. The van der Waals surface area contributed by atoms with Crippen LogP contribution in [0.3, 0.4) is 0 Å². The van der Waals surface area contributed by atoms with Crippen LogP contribution in [0.5, 0.6) is 0 Å². The van der Waals surface area contributed by atoms with Gasteiger partial charge in [0.05, 0.1) is 5.92 Å². The predicted molar refractivity (Wildman–Crippen MR) is 228 cm³/mol. The van der Waals surface area contributed by atoms with Crippen LogP contribution in [0.25, 0.3) is 0 Å². The first-order chi connectivity index (χ1) is 26.1. The van der Waals surface area contributed by atoms with Gasteiger partial charge in [-0.05, 0) is 96.1 Å². The largest absolute Gasteiger partial charge is 0.445 e. The van der Waals surface area contributed by atoms with Crippen LogP contribution < -0.4 is 21.7 Å². The van der Waals surface area contributed by atoms with E-state index in [2.05, 4.69) is 29.8 Å². The Balaban J connectivity index is 0.00000561. The molecule has 0 saturated carbocycles. The third-order valence-electron chi connectivity index (χ3n) is 10.6. The molecule has 0 unspecified atom stereocenters. The Morgan fingerprint density at radius 2 is 1.47 bits per heavy atom. The molecule has 0 spiro atoms. The standard InChI is InChI=1S/C43H64N6O6.2ClH/c1-30(2)25-34(44)22-21-33(26-31-15-9-7-10-16-31)40(52)48-24-14-20-37(48)47-39(51)36(19-13-23-45-41(53)55-29-32-17-11-8-12-18-32)38(50)46-35-27-42(3,4)49(54)43(5,6)28-35;;/h7-12,15-18,21-22,30,33-37,54H,13-14,19-20,23-29,44H2,1-6H3,(H,45,53)(H,46,50)(H,47,51);2*1H/b22-21+;;/t33-,34-,36-,37+;;/m1../s1. The Hall–Kier alpha value is -3.68. The molecule has 2 aliphatic rings. The van der Waals surface area contributed by atoms with Crippen LogP contribution >= 0.6 is 24.8 Å². The first-order valence-corrected chi connectivity index (χ1v) is 19.9. The first-order valence-electron chi connectivity index (χ1n) is 19.9. The van der Waals surface area contributed by atoms with E-state index in [1.807, 2.05) is 101 Å². The number of nitrogens with zero attached hydrogens (tertiary/aromatic N) is 2. The Morgan fingerprint density at radius 1 is 0.895 bits per heavy atom. The summed E-state index contributed by atoms with van der Waals surface area (Å²) < 4.78 is 5.32. The van der Waals surface area contributed by atoms with E-state index < -0.39 is 47.0 Å². The lowest BCUT2D eigenvalue weighted by atomic mass is 9.78. The van der Waals surface area contributed by atoms with E-state index >= 15 is 0 Å². The zero-order valence-electron chi connectivity index (χ0n) is 34.4. The van der Waals surface area contributed by atoms with Crippen LogP contribution in [-0.2, 0) is 32.1 Å². The summed E-state index contributed by atoms with van der Waals surface area (Å²) >= 11 is 0. The van der Waals surface area contributed by atoms with E-state index in [9.17, 15) is 24.4 Å². The molecule has 0 aliphatic carbocycles. The fourth-order valence-electron chi connectivity index (χ4n) is 7.99. The van der Waals surface area contributed by atoms with Crippen molar-refractivity contribution in [2.45, 2.75) is 129 Å². The average molecular weight is 834 g/mol. The molecule has 2 saturated heterocycles. The van der Waals surface area contributed by atoms with Crippen LogP contribution in [0.1, 0.15) is 97.6 Å². The maximum atomic E-state index is 14.2. The van der Waals surface area contributed by atoms with Crippen LogP contribution in [0.15, 0.2) is 72.8 Å². The van der Waals surface area contributed by atoms with Crippen molar-refractivity contribution < 1.29 is 29.1 Å². The Kier molecular flexibility index (Phi) is 20.0. The van der Waals surface area contributed by atoms with E-state index in [0.29, 0.717) is 51.0 Å². The molecule has 2 aliphatic heterocycles. The van der Waals surface area contributed by atoms with Gasteiger partial charge in [0.1, 0.15) is 18.7 Å². The number of hydroxylamine groups is 2. The van der Waals surface area contributed by atoms with E-state index in [1.165, 1.54) is 5.06 Å². The number of halogens is 2. The summed E-state index contributed by atoms with van der Waals surface area (Å²) in [6, 6.07) is 18.7. The Labute approximate surface area is 351 Å². The third kappa shape index (κ3) is 15.2. The average Bonchev–Trinajstić information content (AvgIpc) is 3.59. The van der Waals surface area contributed by atoms with E-state index in [4.69, 9.17) is 10.5 Å². The number of alkyl carbamates (subject to hydrolysis) is 1.